The SMILES string of the molecule is O=C(CN1C(=O)COc2ccc([N+](=O)[O-])cc21)NCc1ccco1. The second kappa shape index (κ2) is 6.41. The van der Waals surface area contributed by atoms with Crippen LogP contribution in [0.4, 0.5) is 11.4 Å². The second-order valence-electron chi connectivity index (χ2n) is 5.03. The van der Waals surface area contributed by atoms with Crippen LogP contribution in [-0.2, 0) is 16.1 Å². The van der Waals surface area contributed by atoms with Crippen LogP contribution in [0.5, 0.6) is 5.75 Å². The van der Waals surface area contributed by atoms with E-state index in [0.29, 0.717) is 11.5 Å². The Kier molecular flexibility index (Phi) is 4.15. The van der Waals surface area contributed by atoms with Gasteiger partial charge in [0.25, 0.3) is 11.6 Å². The predicted octanol–water partition coefficient (Wildman–Crippen LogP) is 1.23. The zero-order chi connectivity index (χ0) is 17.1. The highest BCUT2D eigenvalue weighted by atomic mass is 16.6. The average Bonchev–Trinajstić information content (AvgIpc) is 3.08. The molecule has 0 atom stereocenters. The number of amides is 2. The van der Waals surface area contributed by atoms with E-state index < -0.39 is 16.7 Å². The molecular formula is C15H13N3O6. The molecule has 0 aliphatic carbocycles. The van der Waals surface area contributed by atoms with Crippen molar-refractivity contribution in [3.05, 3.63) is 52.5 Å². The van der Waals surface area contributed by atoms with Gasteiger partial charge >= 0.3 is 0 Å². The second-order valence-corrected chi connectivity index (χ2v) is 5.03. The minimum absolute atomic E-state index is 0.187. The van der Waals surface area contributed by atoms with E-state index in [2.05, 4.69) is 5.32 Å². The quantitative estimate of drug-likeness (QED) is 0.651. The van der Waals surface area contributed by atoms with Gasteiger partial charge in [0.15, 0.2) is 6.61 Å². The Morgan fingerprint density at radius 3 is 2.92 bits per heavy atom. The van der Waals surface area contributed by atoms with Gasteiger partial charge in [0, 0.05) is 12.1 Å². The minimum Gasteiger partial charge on any atom is -0.482 e. The third kappa shape index (κ3) is 3.19. The first-order valence-corrected chi connectivity index (χ1v) is 7.05. The number of benzene rings is 1. The summed E-state index contributed by atoms with van der Waals surface area (Å²) in [4.78, 5) is 35.6. The van der Waals surface area contributed by atoms with Gasteiger partial charge in [-0.05, 0) is 18.2 Å². The fourth-order valence-corrected chi connectivity index (χ4v) is 2.28. The number of anilines is 1. The number of nitro groups is 1. The maximum absolute atomic E-state index is 12.1. The molecular weight excluding hydrogens is 318 g/mol. The van der Waals surface area contributed by atoms with Crippen molar-refractivity contribution in [2.24, 2.45) is 0 Å². The summed E-state index contributed by atoms with van der Waals surface area (Å²) < 4.78 is 10.3. The highest BCUT2D eigenvalue weighted by molar-refractivity contribution is 6.02. The standard InChI is InChI=1S/C15H13N3O6/c19-14(16-7-11-2-1-5-23-11)8-17-12-6-10(18(21)22)3-4-13(12)24-9-15(17)20/h1-6H,7-9H2,(H,16,19). The molecule has 1 aromatic carbocycles. The molecule has 0 bridgehead atoms. The molecule has 0 fully saturated rings. The third-order valence-corrected chi connectivity index (χ3v) is 3.44. The first-order valence-electron chi connectivity index (χ1n) is 7.05. The number of hydrogen-bond donors (Lipinski definition) is 1. The van der Waals surface area contributed by atoms with Crippen LogP contribution in [0, 0.1) is 10.1 Å². The van der Waals surface area contributed by atoms with Crippen LogP contribution in [0.3, 0.4) is 0 Å². The summed E-state index contributed by atoms with van der Waals surface area (Å²) >= 11 is 0. The summed E-state index contributed by atoms with van der Waals surface area (Å²) in [7, 11) is 0. The summed E-state index contributed by atoms with van der Waals surface area (Å²) in [5.41, 5.74) is 0.0154. The number of furan rings is 1. The largest absolute Gasteiger partial charge is 0.482 e. The average molecular weight is 331 g/mol. The zero-order valence-corrected chi connectivity index (χ0v) is 12.4. The predicted molar refractivity (Wildman–Crippen MR) is 81.5 cm³/mol. The van der Waals surface area contributed by atoms with Crippen LogP contribution in [-0.4, -0.2) is 29.9 Å². The van der Waals surface area contributed by atoms with Crippen LogP contribution in [0.2, 0.25) is 0 Å². The number of fused-ring (bicyclic) bond motifs is 1. The first-order chi connectivity index (χ1) is 11.5. The van der Waals surface area contributed by atoms with E-state index >= 15 is 0 Å². The van der Waals surface area contributed by atoms with Gasteiger partial charge in [0.2, 0.25) is 5.91 Å². The topological polar surface area (TPSA) is 115 Å². The molecule has 0 saturated carbocycles. The summed E-state index contributed by atoms with van der Waals surface area (Å²) in [5, 5.41) is 13.5. The van der Waals surface area contributed by atoms with E-state index in [9.17, 15) is 19.7 Å². The summed E-state index contributed by atoms with van der Waals surface area (Å²) in [6.07, 6.45) is 1.49. The lowest BCUT2D eigenvalue weighted by Crippen LogP contribution is -2.45. The fraction of sp³-hybridized carbons (Fsp3) is 0.200. The Balaban J connectivity index is 1.75. The van der Waals surface area contributed by atoms with Crippen molar-refractivity contribution in [1.29, 1.82) is 0 Å². The van der Waals surface area contributed by atoms with Gasteiger partial charge in [0.1, 0.15) is 18.1 Å². The van der Waals surface area contributed by atoms with E-state index in [1.807, 2.05) is 0 Å². The number of ether oxygens (including phenoxy) is 1. The summed E-state index contributed by atoms with van der Waals surface area (Å²) in [5.74, 6) is 0.0296. The molecule has 2 amide bonds. The van der Waals surface area contributed by atoms with Gasteiger partial charge in [0.05, 0.1) is 23.4 Å². The van der Waals surface area contributed by atoms with Gasteiger partial charge < -0.3 is 14.5 Å². The van der Waals surface area contributed by atoms with Crippen LogP contribution in [0.15, 0.2) is 41.0 Å². The molecule has 0 radical (unpaired) electrons. The van der Waals surface area contributed by atoms with Crippen LogP contribution < -0.4 is 15.0 Å². The maximum Gasteiger partial charge on any atom is 0.271 e. The van der Waals surface area contributed by atoms with E-state index in [1.165, 1.54) is 29.4 Å². The van der Waals surface area contributed by atoms with Gasteiger partial charge in [-0.3, -0.25) is 24.6 Å². The van der Waals surface area contributed by atoms with Crippen LogP contribution in [0.25, 0.3) is 0 Å². The number of carbonyl (C=O) groups is 2. The number of hydrogen-bond acceptors (Lipinski definition) is 6. The molecule has 2 heterocycles. The third-order valence-electron chi connectivity index (χ3n) is 3.44. The van der Waals surface area contributed by atoms with Gasteiger partial charge in [-0.15, -0.1) is 0 Å². The monoisotopic (exact) mass is 331 g/mol. The highest BCUT2D eigenvalue weighted by Gasteiger charge is 2.29. The molecule has 1 aliphatic rings. The lowest BCUT2D eigenvalue weighted by molar-refractivity contribution is -0.384. The normalized spacial score (nSPS) is 13.2. The molecule has 9 heteroatoms. The van der Waals surface area contributed by atoms with Crippen molar-refractivity contribution < 1.29 is 23.7 Å². The number of non-ortho nitro benzene ring substituents is 1. The zero-order valence-electron chi connectivity index (χ0n) is 12.4. The molecule has 1 aromatic heterocycles. The number of rotatable bonds is 5. The van der Waals surface area contributed by atoms with Crippen molar-refractivity contribution in [3.63, 3.8) is 0 Å². The highest BCUT2D eigenvalue weighted by Crippen LogP contribution is 2.35. The minimum atomic E-state index is -0.575. The molecule has 1 aliphatic heterocycles. The molecule has 0 unspecified atom stereocenters. The molecule has 0 saturated heterocycles. The lowest BCUT2D eigenvalue weighted by atomic mass is 10.2. The summed E-state index contributed by atoms with van der Waals surface area (Å²) in [6.45, 7) is -0.306. The van der Waals surface area contributed by atoms with Gasteiger partial charge in [-0.2, -0.15) is 0 Å². The van der Waals surface area contributed by atoms with Crippen molar-refractivity contribution in [2.45, 2.75) is 6.54 Å². The van der Waals surface area contributed by atoms with E-state index in [1.54, 1.807) is 12.1 Å². The number of carbonyl (C=O) groups excluding carboxylic acids is 2. The van der Waals surface area contributed by atoms with Gasteiger partial charge in [-0.1, -0.05) is 0 Å². The molecule has 1 N–H and O–H groups in total. The van der Waals surface area contributed by atoms with Gasteiger partial charge in [-0.25, -0.2) is 0 Å². The number of nitrogens with one attached hydrogen (secondary N) is 1. The lowest BCUT2D eigenvalue weighted by Gasteiger charge is -2.28. The Labute approximate surface area is 136 Å². The Morgan fingerprint density at radius 1 is 1.38 bits per heavy atom. The van der Waals surface area contributed by atoms with Crippen molar-refractivity contribution >= 4 is 23.2 Å². The van der Waals surface area contributed by atoms with Crippen LogP contribution in [0.1, 0.15) is 5.76 Å². The Bertz CT molecular complexity index is 787. The number of nitrogens with zero attached hydrogens (tertiary/aromatic N) is 2. The van der Waals surface area contributed by atoms with E-state index in [4.69, 9.17) is 9.15 Å². The smallest absolute Gasteiger partial charge is 0.271 e. The maximum atomic E-state index is 12.1. The Morgan fingerprint density at radius 2 is 2.21 bits per heavy atom. The molecule has 3 rings (SSSR count). The molecule has 0 spiro atoms. The van der Waals surface area contributed by atoms with E-state index in [-0.39, 0.29) is 31.1 Å². The van der Waals surface area contributed by atoms with Crippen molar-refractivity contribution in [2.75, 3.05) is 18.1 Å². The van der Waals surface area contributed by atoms with E-state index in [0.717, 1.165) is 0 Å². The van der Waals surface area contributed by atoms with Crippen molar-refractivity contribution in [1.82, 2.24) is 5.32 Å². The number of nitro benzene ring substituents is 1. The fourth-order valence-electron chi connectivity index (χ4n) is 2.28. The Hall–Kier alpha value is -3.36. The first kappa shape index (κ1) is 15.5. The van der Waals surface area contributed by atoms with Crippen LogP contribution >= 0.6 is 0 Å². The molecule has 9 nitrogen and oxygen atoms in total. The molecule has 2 aromatic rings. The van der Waals surface area contributed by atoms with Crippen molar-refractivity contribution in [3.8, 4) is 5.75 Å². The molecule has 124 valence electrons. The summed E-state index contributed by atoms with van der Waals surface area (Å²) in [6, 6.07) is 7.31. The molecule has 24 heavy (non-hydrogen) atoms.